The topological polar surface area (TPSA) is 170 Å². The van der Waals surface area contributed by atoms with Crippen molar-refractivity contribution in [3.63, 3.8) is 0 Å². The lowest BCUT2D eigenvalue weighted by atomic mass is 10.2. The van der Waals surface area contributed by atoms with E-state index in [9.17, 15) is 32.9 Å². The van der Waals surface area contributed by atoms with Gasteiger partial charge in [0.25, 0.3) is 16.8 Å². The SMILES string of the molecule is NS(=O)(=O)c1ccc(NC(=O)CN2C(=O)S/C(=C\c3cccc([N+](=O)[O-])c3)C2=O)cc1. The fourth-order valence-corrected chi connectivity index (χ4v) is 3.94. The Bertz CT molecular complexity index is 1220. The van der Waals surface area contributed by atoms with Crippen LogP contribution in [0.25, 0.3) is 6.08 Å². The van der Waals surface area contributed by atoms with Crippen molar-refractivity contribution in [1.29, 1.82) is 0 Å². The van der Waals surface area contributed by atoms with Gasteiger partial charge in [-0.2, -0.15) is 0 Å². The average molecular weight is 462 g/mol. The van der Waals surface area contributed by atoms with Gasteiger partial charge in [-0.1, -0.05) is 12.1 Å². The Balaban J connectivity index is 1.69. The highest BCUT2D eigenvalue weighted by Crippen LogP contribution is 2.32. The molecule has 0 aromatic heterocycles. The van der Waals surface area contributed by atoms with Gasteiger partial charge in [0.05, 0.1) is 14.7 Å². The van der Waals surface area contributed by atoms with Crippen LogP contribution >= 0.6 is 11.8 Å². The van der Waals surface area contributed by atoms with Crippen molar-refractivity contribution in [2.24, 2.45) is 5.14 Å². The fourth-order valence-electron chi connectivity index (χ4n) is 2.59. The third-order valence-corrected chi connectivity index (χ3v) is 5.86. The zero-order valence-corrected chi connectivity index (χ0v) is 17.2. The molecule has 3 N–H and O–H groups in total. The zero-order valence-electron chi connectivity index (χ0n) is 15.5. The maximum atomic E-state index is 12.5. The quantitative estimate of drug-likeness (QED) is 0.372. The van der Waals surface area contributed by atoms with E-state index in [1.54, 1.807) is 6.07 Å². The Morgan fingerprint density at radius 2 is 1.87 bits per heavy atom. The highest BCUT2D eigenvalue weighted by Gasteiger charge is 2.36. The number of nitrogens with zero attached hydrogens (tertiary/aromatic N) is 2. The summed E-state index contributed by atoms with van der Waals surface area (Å²) in [7, 11) is -3.88. The molecule has 13 heteroatoms. The minimum atomic E-state index is -3.88. The van der Waals surface area contributed by atoms with Crippen LogP contribution in [-0.4, -0.2) is 41.8 Å². The number of rotatable bonds is 6. The van der Waals surface area contributed by atoms with Crippen molar-refractivity contribution in [3.05, 3.63) is 69.1 Å². The molecule has 0 spiro atoms. The van der Waals surface area contributed by atoms with Crippen LogP contribution in [0.1, 0.15) is 5.56 Å². The molecule has 0 radical (unpaired) electrons. The van der Waals surface area contributed by atoms with Crippen molar-refractivity contribution >= 4 is 56.3 Å². The number of amides is 3. The van der Waals surface area contributed by atoms with Gasteiger partial charge in [-0.05, 0) is 47.7 Å². The van der Waals surface area contributed by atoms with Crippen LogP contribution in [0.2, 0.25) is 0 Å². The second-order valence-electron chi connectivity index (χ2n) is 6.24. The lowest BCUT2D eigenvalue weighted by Crippen LogP contribution is -2.36. The predicted molar refractivity (Wildman–Crippen MR) is 112 cm³/mol. The van der Waals surface area contributed by atoms with Gasteiger partial charge in [0.2, 0.25) is 15.9 Å². The maximum Gasteiger partial charge on any atom is 0.294 e. The lowest BCUT2D eigenvalue weighted by Gasteiger charge is -2.12. The Kier molecular flexibility index (Phi) is 6.19. The summed E-state index contributed by atoms with van der Waals surface area (Å²) < 4.78 is 22.5. The molecule has 2 aromatic rings. The second kappa shape index (κ2) is 8.67. The van der Waals surface area contributed by atoms with Crippen molar-refractivity contribution < 1.29 is 27.7 Å². The first-order valence-electron chi connectivity index (χ1n) is 8.47. The summed E-state index contributed by atoms with van der Waals surface area (Å²) in [4.78, 5) is 47.8. The standard InChI is InChI=1S/C18H14N4O7S2/c19-31(28,29)14-6-4-12(5-7-14)20-16(23)10-21-17(24)15(30-18(21)25)9-11-2-1-3-13(8-11)22(26)27/h1-9H,10H2,(H,20,23)(H2,19,28,29)/b15-9-. The molecule has 1 aliphatic rings. The van der Waals surface area contributed by atoms with E-state index in [1.807, 2.05) is 0 Å². The summed E-state index contributed by atoms with van der Waals surface area (Å²) in [6.07, 6.45) is 1.34. The van der Waals surface area contributed by atoms with Crippen LogP contribution in [0.4, 0.5) is 16.2 Å². The van der Waals surface area contributed by atoms with Gasteiger partial charge >= 0.3 is 0 Å². The molecule has 2 aromatic carbocycles. The first-order valence-corrected chi connectivity index (χ1v) is 10.8. The number of carbonyl (C=O) groups is 3. The Labute approximate surface area is 180 Å². The molecule has 0 aliphatic carbocycles. The van der Waals surface area contributed by atoms with E-state index in [-0.39, 0.29) is 21.2 Å². The number of hydrogen-bond acceptors (Lipinski definition) is 8. The lowest BCUT2D eigenvalue weighted by molar-refractivity contribution is -0.384. The number of nitro benzene ring substituents is 1. The van der Waals surface area contributed by atoms with E-state index >= 15 is 0 Å². The van der Waals surface area contributed by atoms with E-state index < -0.39 is 38.5 Å². The van der Waals surface area contributed by atoms with Crippen LogP contribution < -0.4 is 10.5 Å². The number of carbonyl (C=O) groups excluding carboxylic acids is 3. The van der Waals surface area contributed by atoms with Crippen LogP contribution in [0.3, 0.4) is 0 Å². The number of sulfonamides is 1. The highest BCUT2D eigenvalue weighted by molar-refractivity contribution is 8.18. The number of nitrogens with two attached hydrogens (primary N) is 1. The van der Waals surface area contributed by atoms with Crippen molar-refractivity contribution in [2.75, 3.05) is 11.9 Å². The Morgan fingerprint density at radius 3 is 2.48 bits per heavy atom. The summed E-state index contributed by atoms with van der Waals surface area (Å²) in [6, 6.07) is 10.6. The van der Waals surface area contributed by atoms with Gasteiger partial charge in [-0.25, -0.2) is 13.6 Å². The molecule has 1 fully saturated rings. The van der Waals surface area contributed by atoms with Gasteiger partial charge in [0.15, 0.2) is 0 Å². The number of hydrogen-bond donors (Lipinski definition) is 2. The zero-order chi connectivity index (χ0) is 22.8. The number of nitro groups is 1. The largest absolute Gasteiger partial charge is 0.325 e. The summed E-state index contributed by atoms with van der Waals surface area (Å²) >= 11 is 0.612. The number of non-ortho nitro benzene ring substituents is 1. The van der Waals surface area contributed by atoms with E-state index in [0.29, 0.717) is 17.3 Å². The molecule has 1 saturated heterocycles. The molecule has 0 unspecified atom stereocenters. The summed E-state index contributed by atoms with van der Waals surface area (Å²) in [5.41, 5.74) is 0.441. The first-order chi connectivity index (χ1) is 14.5. The molecule has 160 valence electrons. The highest BCUT2D eigenvalue weighted by atomic mass is 32.2. The van der Waals surface area contributed by atoms with Crippen molar-refractivity contribution in [3.8, 4) is 0 Å². The average Bonchev–Trinajstić information content (AvgIpc) is 2.95. The molecule has 0 atom stereocenters. The third-order valence-electron chi connectivity index (χ3n) is 4.02. The fraction of sp³-hybridized carbons (Fsp3) is 0.0556. The molecule has 3 rings (SSSR count). The number of benzene rings is 2. The van der Waals surface area contributed by atoms with Gasteiger partial charge in [-0.15, -0.1) is 0 Å². The number of nitrogens with one attached hydrogen (secondary N) is 1. The third kappa shape index (κ3) is 5.33. The molecule has 31 heavy (non-hydrogen) atoms. The van der Waals surface area contributed by atoms with Gasteiger partial charge in [0.1, 0.15) is 6.54 Å². The predicted octanol–water partition coefficient (Wildman–Crippen LogP) is 1.92. The monoisotopic (exact) mass is 462 g/mol. The summed E-state index contributed by atoms with van der Waals surface area (Å²) in [6.45, 7) is -0.562. The van der Waals surface area contributed by atoms with Crippen molar-refractivity contribution in [2.45, 2.75) is 4.90 Å². The minimum absolute atomic E-state index is 0.0239. The van der Waals surface area contributed by atoms with Gasteiger partial charge in [0, 0.05) is 17.8 Å². The van der Waals surface area contributed by atoms with E-state index in [4.69, 9.17) is 5.14 Å². The number of imide groups is 1. The molecule has 3 amide bonds. The molecular formula is C18H14N4O7S2. The van der Waals surface area contributed by atoms with Crippen LogP contribution in [-0.2, 0) is 19.6 Å². The molecule has 0 bridgehead atoms. The maximum absolute atomic E-state index is 12.5. The summed E-state index contributed by atoms with van der Waals surface area (Å²) in [5.74, 6) is -1.39. The normalized spacial score (nSPS) is 15.4. The van der Waals surface area contributed by atoms with E-state index in [2.05, 4.69) is 5.32 Å². The molecule has 0 saturated carbocycles. The number of primary sulfonamides is 1. The van der Waals surface area contributed by atoms with Crippen LogP contribution in [0.5, 0.6) is 0 Å². The second-order valence-corrected chi connectivity index (χ2v) is 8.79. The van der Waals surface area contributed by atoms with E-state index in [1.165, 1.54) is 48.5 Å². The Morgan fingerprint density at radius 1 is 1.19 bits per heavy atom. The smallest absolute Gasteiger partial charge is 0.294 e. The molecule has 11 nitrogen and oxygen atoms in total. The van der Waals surface area contributed by atoms with Crippen molar-refractivity contribution in [1.82, 2.24) is 4.90 Å². The van der Waals surface area contributed by atoms with Gasteiger partial charge < -0.3 is 5.32 Å². The van der Waals surface area contributed by atoms with E-state index in [0.717, 1.165) is 4.90 Å². The molecular weight excluding hydrogens is 448 g/mol. The molecule has 1 heterocycles. The van der Waals surface area contributed by atoms with Crippen LogP contribution in [0, 0.1) is 10.1 Å². The Hall–Kier alpha value is -3.55. The minimum Gasteiger partial charge on any atom is -0.325 e. The first kappa shape index (κ1) is 22.1. The summed E-state index contributed by atoms with van der Waals surface area (Å²) in [5, 5.41) is 17.7. The van der Waals surface area contributed by atoms with Gasteiger partial charge in [-0.3, -0.25) is 29.4 Å². The van der Waals surface area contributed by atoms with Crippen LogP contribution in [0.15, 0.2) is 58.3 Å². The molecule has 1 aliphatic heterocycles. The number of anilines is 1. The number of thioether (sulfide) groups is 1.